The van der Waals surface area contributed by atoms with Crippen molar-refractivity contribution < 1.29 is 0 Å². The van der Waals surface area contributed by atoms with Crippen LogP contribution in [-0.4, -0.2) is 18.0 Å². The minimum absolute atomic E-state index is 0.318. The molecule has 2 aromatic rings. The lowest BCUT2D eigenvalue weighted by Gasteiger charge is -2.33. The standard InChI is InChI=1S/C19H24N2/c1-15-8-5-6-11-17(15)19(14-20)21-13-7-12-18(21)16-9-3-2-4-10-16/h2-6,8-11,18-19H,7,12-14,20H2,1H3. The first kappa shape index (κ1) is 14.3. The zero-order valence-corrected chi connectivity index (χ0v) is 12.7. The van der Waals surface area contributed by atoms with Crippen LogP contribution in [0.2, 0.25) is 0 Å². The molecule has 0 bridgehead atoms. The van der Waals surface area contributed by atoms with Crippen molar-refractivity contribution in [2.24, 2.45) is 5.73 Å². The van der Waals surface area contributed by atoms with Crippen molar-refractivity contribution in [3.63, 3.8) is 0 Å². The summed E-state index contributed by atoms with van der Waals surface area (Å²) in [4.78, 5) is 2.59. The highest BCUT2D eigenvalue weighted by Crippen LogP contribution is 2.38. The second-order valence-electron chi connectivity index (χ2n) is 5.91. The van der Waals surface area contributed by atoms with Gasteiger partial charge in [0, 0.05) is 18.6 Å². The largest absolute Gasteiger partial charge is 0.329 e. The smallest absolute Gasteiger partial charge is 0.0479 e. The number of hydrogen-bond acceptors (Lipinski definition) is 2. The molecule has 110 valence electrons. The third-order valence-corrected chi connectivity index (χ3v) is 4.65. The van der Waals surface area contributed by atoms with E-state index in [4.69, 9.17) is 5.73 Å². The number of nitrogens with two attached hydrogens (primary N) is 1. The summed E-state index contributed by atoms with van der Waals surface area (Å²) in [5.74, 6) is 0. The van der Waals surface area contributed by atoms with Gasteiger partial charge in [0.15, 0.2) is 0 Å². The number of likely N-dealkylation sites (tertiary alicyclic amines) is 1. The van der Waals surface area contributed by atoms with Crippen LogP contribution < -0.4 is 5.73 Å². The Labute approximate surface area is 127 Å². The highest BCUT2D eigenvalue weighted by molar-refractivity contribution is 5.30. The number of benzene rings is 2. The number of aryl methyl sites for hydroxylation is 1. The SMILES string of the molecule is Cc1ccccc1C(CN)N1CCCC1c1ccccc1. The highest BCUT2D eigenvalue weighted by atomic mass is 15.2. The first-order valence-corrected chi connectivity index (χ1v) is 7.87. The van der Waals surface area contributed by atoms with Crippen molar-refractivity contribution >= 4 is 0 Å². The van der Waals surface area contributed by atoms with Gasteiger partial charge < -0.3 is 5.73 Å². The van der Waals surface area contributed by atoms with E-state index in [-0.39, 0.29) is 0 Å². The summed E-state index contributed by atoms with van der Waals surface area (Å²) in [6.07, 6.45) is 2.48. The quantitative estimate of drug-likeness (QED) is 0.922. The molecule has 0 spiro atoms. The van der Waals surface area contributed by atoms with Crippen molar-refractivity contribution in [3.05, 3.63) is 71.3 Å². The fraction of sp³-hybridized carbons (Fsp3) is 0.368. The van der Waals surface area contributed by atoms with E-state index in [1.54, 1.807) is 0 Å². The Morgan fingerprint density at radius 2 is 1.81 bits per heavy atom. The van der Waals surface area contributed by atoms with Crippen molar-refractivity contribution in [1.82, 2.24) is 4.90 Å². The Hall–Kier alpha value is -1.64. The van der Waals surface area contributed by atoms with Gasteiger partial charge in [-0.3, -0.25) is 4.90 Å². The summed E-state index contributed by atoms with van der Waals surface area (Å²) in [6.45, 7) is 4.00. The molecular formula is C19H24N2. The van der Waals surface area contributed by atoms with Gasteiger partial charge in [-0.2, -0.15) is 0 Å². The van der Waals surface area contributed by atoms with Crippen LogP contribution >= 0.6 is 0 Å². The van der Waals surface area contributed by atoms with E-state index in [9.17, 15) is 0 Å². The molecule has 3 rings (SSSR count). The summed E-state index contributed by atoms with van der Waals surface area (Å²) < 4.78 is 0. The van der Waals surface area contributed by atoms with Gasteiger partial charge in [-0.25, -0.2) is 0 Å². The summed E-state index contributed by atoms with van der Waals surface area (Å²) in [6, 6.07) is 20.3. The van der Waals surface area contributed by atoms with E-state index in [1.165, 1.54) is 29.5 Å². The van der Waals surface area contributed by atoms with Gasteiger partial charge in [-0.05, 0) is 43.0 Å². The third kappa shape index (κ3) is 2.87. The predicted molar refractivity (Wildman–Crippen MR) is 88.1 cm³/mol. The molecule has 2 nitrogen and oxygen atoms in total. The van der Waals surface area contributed by atoms with Crippen LogP contribution in [0.25, 0.3) is 0 Å². The molecule has 0 aromatic heterocycles. The van der Waals surface area contributed by atoms with Crippen molar-refractivity contribution in [3.8, 4) is 0 Å². The van der Waals surface area contributed by atoms with E-state index in [2.05, 4.69) is 66.4 Å². The topological polar surface area (TPSA) is 29.3 Å². The van der Waals surface area contributed by atoms with E-state index in [0.717, 1.165) is 6.54 Å². The molecule has 21 heavy (non-hydrogen) atoms. The first-order chi connectivity index (χ1) is 10.3. The van der Waals surface area contributed by atoms with Crippen molar-refractivity contribution in [1.29, 1.82) is 0 Å². The average molecular weight is 280 g/mol. The fourth-order valence-electron chi connectivity index (χ4n) is 3.60. The van der Waals surface area contributed by atoms with Crippen molar-refractivity contribution in [2.75, 3.05) is 13.1 Å². The zero-order valence-electron chi connectivity index (χ0n) is 12.7. The van der Waals surface area contributed by atoms with Crippen molar-refractivity contribution in [2.45, 2.75) is 31.8 Å². The maximum absolute atomic E-state index is 6.15. The maximum atomic E-state index is 6.15. The highest BCUT2D eigenvalue weighted by Gasteiger charge is 2.32. The molecule has 1 saturated heterocycles. The molecule has 0 aliphatic carbocycles. The van der Waals surface area contributed by atoms with E-state index < -0.39 is 0 Å². The average Bonchev–Trinajstić information content (AvgIpc) is 3.00. The van der Waals surface area contributed by atoms with Crippen LogP contribution in [-0.2, 0) is 0 Å². The van der Waals surface area contributed by atoms with Gasteiger partial charge in [0.1, 0.15) is 0 Å². The van der Waals surface area contributed by atoms with Gasteiger partial charge in [0.2, 0.25) is 0 Å². The van der Waals surface area contributed by atoms with Crippen LogP contribution in [0.5, 0.6) is 0 Å². The lowest BCUT2D eigenvalue weighted by atomic mass is 9.97. The maximum Gasteiger partial charge on any atom is 0.0479 e. The number of nitrogens with zero attached hydrogens (tertiary/aromatic N) is 1. The summed E-state index contributed by atoms with van der Waals surface area (Å²) in [5.41, 5.74) is 10.3. The molecule has 0 saturated carbocycles. The molecule has 1 aliphatic heterocycles. The Balaban J connectivity index is 1.91. The van der Waals surface area contributed by atoms with E-state index >= 15 is 0 Å². The molecule has 2 atom stereocenters. The molecule has 0 amide bonds. The van der Waals surface area contributed by atoms with Crippen LogP contribution in [0.15, 0.2) is 54.6 Å². The van der Waals surface area contributed by atoms with Gasteiger partial charge in [-0.1, -0.05) is 54.6 Å². The minimum Gasteiger partial charge on any atom is -0.329 e. The first-order valence-electron chi connectivity index (χ1n) is 7.87. The molecule has 1 aliphatic rings. The lowest BCUT2D eigenvalue weighted by Crippen LogP contribution is -2.33. The molecule has 2 N–H and O–H groups in total. The van der Waals surface area contributed by atoms with Crippen LogP contribution in [0.3, 0.4) is 0 Å². The predicted octanol–water partition coefficient (Wildman–Crippen LogP) is 3.83. The van der Waals surface area contributed by atoms with Crippen LogP contribution in [0, 0.1) is 6.92 Å². The number of hydrogen-bond donors (Lipinski definition) is 1. The van der Waals surface area contributed by atoms with E-state index in [1.807, 2.05) is 0 Å². The second kappa shape index (κ2) is 6.42. The second-order valence-corrected chi connectivity index (χ2v) is 5.91. The molecule has 2 heteroatoms. The normalized spacial score (nSPS) is 20.6. The summed E-state index contributed by atoms with van der Waals surface area (Å²) in [5, 5.41) is 0. The lowest BCUT2D eigenvalue weighted by molar-refractivity contribution is 0.185. The summed E-state index contributed by atoms with van der Waals surface area (Å²) >= 11 is 0. The minimum atomic E-state index is 0.318. The number of rotatable bonds is 4. The molecular weight excluding hydrogens is 256 g/mol. The Bertz CT molecular complexity index is 579. The van der Waals surface area contributed by atoms with Crippen LogP contribution in [0.4, 0.5) is 0 Å². The fourth-order valence-corrected chi connectivity index (χ4v) is 3.60. The molecule has 1 fully saturated rings. The zero-order chi connectivity index (χ0) is 14.7. The Morgan fingerprint density at radius 3 is 2.52 bits per heavy atom. The molecule has 0 radical (unpaired) electrons. The Morgan fingerprint density at radius 1 is 1.10 bits per heavy atom. The third-order valence-electron chi connectivity index (χ3n) is 4.65. The Kier molecular flexibility index (Phi) is 4.37. The summed E-state index contributed by atoms with van der Waals surface area (Å²) in [7, 11) is 0. The molecule has 2 aromatic carbocycles. The van der Waals surface area contributed by atoms with Gasteiger partial charge in [0.05, 0.1) is 0 Å². The monoisotopic (exact) mass is 280 g/mol. The molecule has 2 unspecified atom stereocenters. The van der Waals surface area contributed by atoms with E-state index in [0.29, 0.717) is 18.6 Å². The molecule has 1 heterocycles. The van der Waals surface area contributed by atoms with Gasteiger partial charge in [-0.15, -0.1) is 0 Å². The van der Waals surface area contributed by atoms with Gasteiger partial charge in [0.25, 0.3) is 0 Å². The van der Waals surface area contributed by atoms with Crippen LogP contribution in [0.1, 0.15) is 41.6 Å². The van der Waals surface area contributed by atoms with Gasteiger partial charge >= 0.3 is 0 Å².